The molecule has 0 aliphatic carbocycles. The fourth-order valence-electron chi connectivity index (χ4n) is 3.25. The maximum Gasteiger partial charge on any atom is 0.00123 e. The smallest absolute Gasteiger partial charge is 0.00123 e. The van der Waals surface area contributed by atoms with Crippen molar-refractivity contribution >= 4 is 0 Å². The van der Waals surface area contributed by atoms with Crippen LogP contribution in [0.5, 0.6) is 0 Å². The molecular formula is C13H25N. The average molecular weight is 195 g/mol. The van der Waals surface area contributed by atoms with Gasteiger partial charge in [-0.1, -0.05) is 32.6 Å². The third-order valence-corrected chi connectivity index (χ3v) is 4.22. The minimum absolute atomic E-state index is 1.06. The second kappa shape index (κ2) is 5.16. The van der Waals surface area contributed by atoms with Gasteiger partial charge in [0.25, 0.3) is 0 Å². The molecule has 0 aromatic rings. The Morgan fingerprint density at radius 1 is 1.07 bits per heavy atom. The molecule has 0 spiro atoms. The Kier molecular flexibility index (Phi) is 3.86. The summed E-state index contributed by atoms with van der Waals surface area (Å²) in [6.45, 7) is 6.53. The number of nitrogens with zero attached hydrogens (tertiary/aromatic N) is 1. The van der Waals surface area contributed by atoms with E-state index >= 15 is 0 Å². The summed E-state index contributed by atoms with van der Waals surface area (Å²) in [4.78, 5) is 2.69. The molecule has 0 N–H and O–H groups in total. The molecule has 3 aliphatic rings. The van der Waals surface area contributed by atoms with Gasteiger partial charge < -0.3 is 4.90 Å². The summed E-state index contributed by atoms with van der Waals surface area (Å²) in [5.41, 5.74) is 0. The summed E-state index contributed by atoms with van der Waals surface area (Å²) in [6.07, 6.45) is 10.3. The molecule has 14 heavy (non-hydrogen) atoms. The van der Waals surface area contributed by atoms with Crippen LogP contribution in [-0.2, 0) is 0 Å². The van der Waals surface area contributed by atoms with E-state index in [1.807, 2.05) is 0 Å². The standard InChI is InChI=1S/C13H25N/c1-2-3-4-5-6-13-11-14-9-7-12(13)8-10-14/h12-13H,2-11H2,1H3/t13-/m1/s1. The van der Waals surface area contributed by atoms with Gasteiger partial charge in [0, 0.05) is 6.54 Å². The molecular weight excluding hydrogens is 170 g/mol. The number of piperidine rings is 3. The molecule has 1 heteroatoms. The van der Waals surface area contributed by atoms with Crippen LogP contribution in [0.1, 0.15) is 51.9 Å². The van der Waals surface area contributed by atoms with Crippen LogP contribution in [0.2, 0.25) is 0 Å². The zero-order valence-electron chi connectivity index (χ0n) is 9.67. The lowest BCUT2D eigenvalue weighted by atomic mass is 9.77. The minimum atomic E-state index is 1.06. The average Bonchev–Trinajstić information content (AvgIpc) is 2.26. The highest BCUT2D eigenvalue weighted by Gasteiger charge is 2.33. The van der Waals surface area contributed by atoms with Crippen molar-refractivity contribution in [2.45, 2.75) is 51.9 Å². The van der Waals surface area contributed by atoms with Crippen LogP contribution >= 0.6 is 0 Å². The number of unbranched alkanes of at least 4 members (excludes halogenated alkanes) is 3. The van der Waals surface area contributed by atoms with Crippen LogP contribution in [0.4, 0.5) is 0 Å². The first-order valence-corrected chi connectivity index (χ1v) is 6.62. The van der Waals surface area contributed by atoms with Crippen LogP contribution in [0.25, 0.3) is 0 Å². The maximum atomic E-state index is 2.69. The van der Waals surface area contributed by atoms with Gasteiger partial charge >= 0.3 is 0 Å². The predicted octanol–water partition coefficient (Wildman–Crippen LogP) is 3.30. The van der Waals surface area contributed by atoms with E-state index in [-0.39, 0.29) is 0 Å². The molecule has 0 aromatic carbocycles. The molecule has 3 fully saturated rings. The third kappa shape index (κ3) is 2.50. The number of hydrogen-bond acceptors (Lipinski definition) is 1. The molecule has 1 atom stereocenters. The highest BCUT2D eigenvalue weighted by molar-refractivity contribution is 4.86. The summed E-state index contributed by atoms with van der Waals surface area (Å²) in [5, 5.41) is 0. The van der Waals surface area contributed by atoms with Crippen molar-refractivity contribution in [3.05, 3.63) is 0 Å². The Morgan fingerprint density at radius 3 is 2.43 bits per heavy atom. The summed E-state index contributed by atoms with van der Waals surface area (Å²) >= 11 is 0. The van der Waals surface area contributed by atoms with Gasteiger partial charge in [-0.3, -0.25) is 0 Å². The SMILES string of the molecule is CCCCCC[C@@H]1CN2CCC1CC2. The Bertz CT molecular complexity index is 159. The molecule has 3 heterocycles. The van der Waals surface area contributed by atoms with E-state index in [4.69, 9.17) is 0 Å². The van der Waals surface area contributed by atoms with Gasteiger partial charge in [0.05, 0.1) is 0 Å². The van der Waals surface area contributed by atoms with Crippen molar-refractivity contribution in [2.24, 2.45) is 11.8 Å². The molecule has 0 aromatic heterocycles. The van der Waals surface area contributed by atoms with Crippen molar-refractivity contribution in [1.82, 2.24) is 4.90 Å². The van der Waals surface area contributed by atoms with Crippen LogP contribution in [0.3, 0.4) is 0 Å². The Labute approximate surface area is 88.9 Å². The van der Waals surface area contributed by atoms with Crippen molar-refractivity contribution in [3.8, 4) is 0 Å². The second-order valence-electron chi connectivity index (χ2n) is 5.25. The van der Waals surface area contributed by atoms with Crippen LogP contribution in [0.15, 0.2) is 0 Å². The lowest BCUT2D eigenvalue weighted by Gasteiger charge is -2.45. The monoisotopic (exact) mass is 195 g/mol. The predicted molar refractivity (Wildman–Crippen MR) is 61.4 cm³/mol. The number of fused-ring (bicyclic) bond motifs is 3. The topological polar surface area (TPSA) is 3.24 Å². The van der Waals surface area contributed by atoms with Gasteiger partial charge in [0.15, 0.2) is 0 Å². The molecule has 0 saturated carbocycles. The maximum absolute atomic E-state index is 2.69. The summed E-state index contributed by atoms with van der Waals surface area (Å²) in [6, 6.07) is 0. The van der Waals surface area contributed by atoms with E-state index in [0.29, 0.717) is 0 Å². The third-order valence-electron chi connectivity index (χ3n) is 4.22. The number of hydrogen-bond donors (Lipinski definition) is 0. The fraction of sp³-hybridized carbons (Fsp3) is 1.00. The molecule has 0 unspecified atom stereocenters. The minimum Gasteiger partial charge on any atom is -0.303 e. The quantitative estimate of drug-likeness (QED) is 0.608. The van der Waals surface area contributed by atoms with Gasteiger partial charge in [-0.25, -0.2) is 0 Å². The van der Waals surface area contributed by atoms with Gasteiger partial charge in [-0.2, -0.15) is 0 Å². The van der Waals surface area contributed by atoms with Gasteiger partial charge in [0.2, 0.25) is 0 Å². The Balaban J connectivity index is 1.66. The van der Waals surface area contributed by atoms with Crippen molar-refractivity contribution < 1.29 is 0 Å². The molecule has 1 nitrogen and oxygen atoms in total. The summed E-state index contributed by atoms with van der Waals surface area (Å²) in [5.74, 6) is 2.16. The first kappa shape index (κ1) is 10.5. The molecule has 3 rings (SSSR count). The second-order valence-corrected chi connectivity index (χ2v) is 5.25. The molecule has 2 bridgehead atoms. The van der Waals surface area contributed by atoms with Crippen LogP contribution in [0, 0.1) is 11.8 Å². The van der Waals surface area contributed by atoms with E-state index in [1.54, 1.807) is 0 Å². The molecule has 3 saturated heterocycles. The molecule has 82 valence electrons. The summed E-state index contributed by atoms with van der Waals surface area (Å²) < 4.78 is 0. The van der Waals surface area contributed by atoms with E-state index in [0.717, 1.165) is 11.8 Å². The van der Waals surface area contributed by atoms with Gasteiger partial charge in [0.1, 0.15) is 0 Å². The van der Waals surface area contributed by atoms with Crippen molar-refractivity contribution in [2.75, 3.05) is 19.6 Å². The van der Waals surface area contributed by atoms with E-state index < -0.39 is 0 Å². The fourth-order valence-corrected chi connectivity index (χ4v) is 3.25. The first-order valence-electron chi connectivity index (χ1n) is 6.62. The van der Waals surface area contributed by atoms with Gasteiger partial charge in [-0.05, 0) is 44.2 Å². The van der Waals surface area contributed by atoms with E-state index in [2.05, 4.69) is 11.8 Å². The molecule has 3 aliphatic heterocycles. The van der Waals surface area contributed by atoms with E-state index in [9.17, 15) is 0 Å². The Morgan fingerprint density at radius 2 is 1.86 bits per heavy atom. The van der Waals surface area contributed by atoms with Crippen LogP contribution in [-0.4, -0.2) is 24.5 Å². The molecule has 0 radical (unpaired) electrons. The largest absolute Gasteiger partial charge is 0.303 e. The van der Waals surface area contributed by atoms with Crippen molar-refractivity contribution in [1.29, 1.82) is 0 Å². The number of rotatable bonds is 5. The zero-order valence-corrected chi connectivity index (χ0v) is 9.67. The lowest BCUT2D eigenvalue weighted by molar-refractivity contribution is 0.0454. The normalized spacial score (nSPS) is 36.2. The van der Waals surface area contributed by atoms with Crippen molar-refractivity contribution in [3.63, 3.8) is 0 Å². The van der Waals surface area contributed by atoms with Gasteiger partial charge in [-0.15, -0.1) is 0 Å². The Hall–Kier alpha value is -0.0400. The van der Waals surface area contributed by atoms with Crippen LogP contribution < -0.4 is 0 Å². The van der Waals surface area contributed by atoms with E-state index in [1.165, 1.54) is 64.6 Å². The molecule has 0 amide bonds. The zero-order chi connectivity index (χ0) is 9.80. The first-order chi connectivity index (χ1) is 6.90. The highest BCUT2D eigenvalue weighted by atomic mass is 15.1. The highest BCUT2D eigenvalue weighted by Crippen LogP contribution is 2.35. The lowest BCUT2D eigenvalue weighted by Crippen LogP contribution is -2.47. The summed E-state index contributed by atoms with van der Waals surface area (Å²) in [7, 11) is 0.